The number of hydrogen-bond acceptors (Lipinski definition) is 4. The largest absolute Gasteiger partial charge is 0.468 e. The molecule has 1 fully saturated rings. The number of ether oxygens (including phenoxy) is 1. The van der Waals surface area contributed by atoms with E-state index in [2.05, 4.69) is 18.5 Å². The first-order valence-electron chi connectivity index (χ1n) is 5.54. The topological polar surface area (TPSA) is 38.3 Å². The number of nitrogens with one attached hydrogen (secondary N) is 1. The van der Waals surface area contributed by atoms with Crippen molar-refractivity contribution in [3.05, 3.63) is 0 Å². The van der Waals surface area contributed by atoms with Gasteiger partial charge in [-0.2, -0.15) is 11.8 Å². The van der Waals surface area contributed by atoms with Crippen molar-refractivity contribution in [3.63, 3.8) is 0 Å². The van der Waals surface area contributed by atoms with Crippen LogP contribution in [0.2, 0.25) is 0 Å². The second-order valence-corrected chi connectivity index (χ2v) is 5.24. The van der Waals surface area contributed by atoms with Gasteiger partial charge in [-0.15, -0.1) is 0 Å². The summed E-state index contributed by atoms with van der Waals surface area (Å²) in [5, 5.41) is 3.96. The molecule has 4 heteroatoms. The molecule has 0 saturated heterocycles. The predicted octanol–water partition coefficient (Wildman–Crippen LogP) is 1.81. The summed E-state index contributed by atoms with van der Waals surface area (Å²) in [6, 6.07) is 0. The Morgan fingerprint density at radius 1 is 1.67 bits per heavy atom. The second-order valence-electron chi connectivity index (χ2n) is 4.10. The SMILES string of the molecule is CCCNC1(C(=O)OC)CCC(SC)C1. The van der Waals surface area contributed by atoms with Gasteiger partial charge in [0.25, 0.3) is 0 Å². The maximum absolute atomic E-state index is 11.8. The summed E-state index contributed by atoms with van der Waals surface area (Å²) in [4.78, 5) is 11.8. The Morgan fingerprint density at radius 2 is 2.40 bits per heavy atom. The lowest BCUT2D eigenvalue weighted by atomic mass is 9.97. The number of hydrogen-bond donors (Lipinski definition) is 1. The molecule has 1 saturated carbocycles. The number of carbonyl (C=O) groups is 1. The van der Waals surface area contributed by atoms with Crippen LogP contribution in [-0.2, 0) is 9.53 Å². The van der Waals surface area contributed by atoms with Gasteiger partial charge in [-0.1, -0.05) is 6.92 Å². The molecule has 0 amide bonds. The summed E-state index contributed by atoms with van der Waals surface area (Å²) in [6.45, 7) is 3.00. The first-order chi connectivity index (χ1) is 7.18. The minimum absolute atomic E-state index is 0.0903. The lowest BCUT2D eigenvalue weighted by Gasteiger charge is -2.27. The molecular weight excluding hydrogens is 210 g/mol. The van der Waals surface area contributed by atoms with Crippen molar-refractivity contribution in [2.75, 3.05) is 19.9 Å². The molecule has 0 bridgehead atoms. The van der Waals surface area contributed by atoms with Crippen LogP contribution in [0, 0.1) is 0 Å². The highest BCUT2D eigenvalue weighted by molar-refractivity contribution is 7.99. The Kier molecular flexibility index (Phi) is 4.93. The van der Waals surface area contributed by atoms with Gasteiger partial charge in [-0.25, -0.2) is 0 Å². The molecule has 0 aromatic rings. The van der Waals surface area contributed by atoms with E-state index < -0.39 is 5.54 Å². The molecule has 3 nitrogen and oxygen atoms in total. The quantitative estimate of drug-likeness (QED) is 0.732. The lowest BCUT2D eigenvalue weighted by molar-refractivity contribution is -0.148. The summed E-state index contributed by atoms with van der Waals surface area (Å²) in [5.41, 5.74) is -0.404. The van der Waals surface area contributed by atoms with Crippen molar-refractivity contribution in [1.82, 2.24) is 5.32 Å². The Hall–Kier alpha value is -0.220. The van der Waals surface area contributed by atoms with E-state index in [1.54, 1.807) is 0 Å². The first-order valence-corrected chi connectivity index (χ1v) is 6.83. The number of methoxy groups -OCH3 is 1. The Balaban J connectivity index is 2.65. The number of carbonyl (C=O) groups excluding carboxylic acids is 1. The molecule has 0 radical (unpaired) electrons. The van der Waals surface area contributed by atoms with Crippen molar-refractivity contribution in [2.45, 2.75) is 43.4 Å². The van der Waals surface area contributed by atoms with Gasteiger partial charge in [0, 0.05) is 5.25 Å². The molecule has 2 atom stereocenters. The molecule has 1 N–H and O–H groups in total. The van der Waals surface area contributed by atoms with Crippen molar-refractivity contribution in [2.24, 2.45) is 0 Å². The lowest BCUT2D eigenvalue weighted by Crippen LogP contribution is -2.51. The molecule has 1 rings (SSSR count). The summed E-state index contributed by atoms with van der Waals surface area (Å²) in [7, 11) is 1.48. The molecule has 1 aliphatic rings. The molecule has 2 unspecified atom stereocenters. The van der Waals surface area contributed by atoms with Gasteiger partial charge in [0.1, 0.15) is 5.54 Å². The van der Waals surface area contributed by atoms with Gasteiger partial charge in [0.2, 0.25) is 0 Å². The summed E-state index contributed by atoms with van der Waals surface area (Å²) < 4.78 is 4.92. The van der Waals surface area contributed by atoms with E-state index in [0.717, 1.165) is 32.2 Å². The van der Waals surface area contributed by atoms with E-state index in [-0.39, 0.29) is 5.97 Å². The molecule has 88 valence electrons. The first kappa shape index (κ1) is 12.8. The van der Waals surface area contributed by atoms with E-state index in [9.17, 15) is 4.79 Å². The molecule has 0 spiro atoms. The van der Waals surface area contributed by atoms with Crippen molar-refractivity contribution < 1.29 is 9.53 Å². The zero-order valence-corrected chi connectivity index (χ0v) is 10.7. The molecule has 1 aliphatic carbocycles. The molecule has 0 aromatic carbocycles. The monoisotopic (exact) mass is 231 g/mol. The van der Waals surface area contributed by atoms with E-state index in [1.165, 1.54) is 7.11 Å². The van der Waals surface area contributed by atoms with Crippen LogP contribution in [0.3, 0.4) is 0 Å². The second kappa shape index (κ2) is 5.75. The highest BCUT2D eigenvalue weighted by Gasteiger charge is 2.45. The van der Waals surface area contributed by atoms with Crippen LogP contribution < -0.4 is 5.32 Å². The highest BCUT2D eigenvalue weighted by Crippen LogP contribution is 2.36. The van der Waals surface area contributed by atoms with Gasteiger partial charge < -0.3 is 10.1 Å². The molecule has 15 heavy (non-hydrogen) atoms. The van der Waals surface area contributed by atoms with E-state index >= 15 is 0 Å². The third-order valence-electron chi connectivity index (χ3n) is 3.09. The number of thioether (sulfide) groups is 1. The van der Waals surface area contributed by atoms with E-state index in [4.69, 9.17) is 4.74 Å². The fourth-order valence-electron chi connectivity index (χ4n) is 2.18. The van der Waals surface area contributed by atoms with Crippen LogP contribution in [0.5, 0.6) is 0 Å². The average molecular weight is 231 g/mol. The van der Waals surface area contributed by atoms with E-state index in [0.29, 0.717) is 5.25 Å². The fourth-order valence-corrected chi connectivity index (χ4v) is 2.98. The summed E-state index contributed by atoms with van der Waals surface area (Å²) in [5.74, 6) is -0.0903. The van der Waals surface area contributed by atoms with Crippen LogP contribution in [0.25, 0.3) is 0 Å². The van der Waals surface area contributed by atoms with Crippen molar-refractivity contribution >= 4 is 17.7 Å². The van der Waals surface area contributed by atoms with Gasteiger partial charge >= 0.3 is 5.97 Å². The smallest absolute Gasteiger partial charge is 0.326 e. The zero-order valence-electron chi connectivity index (χ0n) is 9.84. The maximum atomic E-state index is 11.8. The van der Waals surface area contributed by atoms with Gasteiger partial charge in [-0.3, -0.25) is 4.79 Å². The van der Waals surface area contributed by atoms with Gasteiger partial charge in [-0.05, 0) is 38.5 Å². The minimum atomic E-state index is -0.404. The van der Waals surface area contributed by atoms with Crippen LogP contribution in [0.1, 0.15) is 32.6 Å². The average Bonchev–Trinajstić information content (AvgIpc) is 2.70. The zero-order chi connectivity index (χ0) is 11.3. The molecular formula is C11H21NO2S. The maximum Gasteiger partial charge on any atom is 0.326 e. The Morgan fingerprint density at radius 3 is 2.87 bits per heavy atom. The van der Waals surface area contributed by atoms with E-state index in [1.807, 2.05) is 11.8 Å². The molecule has 0 heterocycles. The Bertz CT molecular complexity index is 223. The minimum Gasteiger partial charge on any atom is -0.468 e. The van der Waals surface area contributed by atoms with Crippen LogP contribution >= 0.6 is 11.8 Å². The summed E-state index contributed by atoms with van der Waals surface area (Å²) in [6.07, 6.45) is 6.07. The van der Waals surface area contributed by atoms with Gasteiger partial charge in [0.05, 0.1) is 7.11 Å². The van der Waals surface area contributed by atoms with Crippen molar-refractivity contribution in [1.29, 1.82) is 0 Å². The third kappa shape index (κ3) is 2.88. The number of rotatable bonds is 5. The highest BCUT2D eigenvalue weighted by atomic mass is 32.2. The molecule has 0 aliphatic heterocycles. The summed E-state index contributed by atoms with van der Waals surface area (Å²) >= 11 is 1.85. The van der Waals surface area contributed by atoms with Crippen molar-refractivity contribution in [3.8, 4) is 0 Å². The van der Waals surface area contributed by atoms with Gasteiger partial charge in [0.15, 0.2) is 0 Å². The van der Waals surface area contributed by atoms with Crippen LogP contribution in [-0.4, -0.2) is 36.7 Å². The standard InChI is InChI=1S/C11H21NO2S/c1-4-7-12-11(10(13)14-2)6-5-9(8-11)15-3/h9,12H,4-8H2,1-3H3. The van der Waals surface area contributed by atoms with Crippen LogP contribution in [0.15, 0.2) is 0 Å². The fraction of sp³-hybridized carbons (Fsp3) is 0.909. The number of esters is 1. The third-order valence-corrected chi connectivity index (χ3v) is 4.16. The predicted molar refractivity (Wildman–Crippen MR) is 64.2 cm³/mol. The normalized spacial score (nSPS) is 30.5. The Labute approximate surface area is 96.3 Å². The molecule has 0 aromatic heterocycles. The van der Waals surface area contributed by atoms with Crippen LogP contribution in [0.4, 0.5) is 0 Å².